The van der Waals surface area contributed by atoms with Crippen molar-refractivity contribution in [2.75, 3.05) is 25.1 Å². The van der Waals surface area contributed by atoms with Crippen LogP contribution in [0.15, 0.2) is 24.4 Å². The number of nitrogens with zero attached hydrogens (tertiary/aromatic N) is 2. The van der Waals surface area contributed by atoms with E-state index in [0.717, 1.165) is 31.4 Å². The lowest BCUT2D eigenvalue weighted by molar-refractivity contribution is -0.178. The van der Waals surface area contributed by atoms with E-state index in [9.17, 15) is 23.2 Å². The molecule has 40 heavy (non-hydrogen) atoms. The molecule has 1 aromatic carbocycles. The highest BCUT2D eigenvalue weighted by Gasteiger charge is 2.59. The molecule has 2 aliphatic heterocycles. The van der Waals surface area contributed by atoms with E-state index >= 15 is 4.39 Å². The van der Waals surface area contributed by atoms with E-state index < -0.39 is 29.1 Å². The van der Waals surface area contributed by atoms with E-state index in [4.69, 9.17) is 14.2 Å². The number of amides is 2. The summed E-state index contributed by atoms with van der Waals surface area (Å²) in [4.78, 5) is 16.5. The largest absolute Gasteiger partial charge is 0.488 e. The van der Waals surface area contributed by atoms with Crippen LogP contribution in [0.2, 0.25) is 0 Å². The first kappa shape index (κ1) is 27.7. The van der Waals surface area contributed by atoms with Gasteiger partial charge in [0.1, 0.15) is 18.5 Å². The van der Waals surface area contributed by atoms with Gasteiger partial charge in [0.15, 0.2) is 12.0 Å². The Morgan fingerprint density at radius 2 is 2.00 bits per heavy atom. The maximum Gasteiger partial charge on any atom is 0.427 e. The predicted octanol–water partition coefficient (Wildman–Crippen LogP) is 4.91. The summed E-state index contributed by atoms with van der Waals surface area (Å²) in [7, 11) is 0. The van der Waals surface area contributed by atoms with Crippen molar-refractivity contribution in [1.82, 2.24) is 10.3 Å². The zero-order valence-corrected chi connectivity index (χ0v) is 21.4. The highest BCUT2D eigenvalue weighted by molar-refractivity contribution is 5.95. The van der Waals surface area contributed by atoms with Gasteiger partial charge in [-0.15, -0.1) is 0 Å². The zero-order valence-electron chi connectivity index (χ0n) is 21.4. The smallest absolute Gasteiger partial charge is 0.427 e. The van der Waals surface area contributed by atoms with Crippen molar-refractivity contribution in [1.29, 1.82) is 5.26 Å². The number of aromatic nitrogens is 1. The highest BCUT2D eigenvalue weighted by atomic mass is 19.4. The molecule has 1 aliphatic carbocycles. The maximum absolute atomic E-state index is 15.2. The lowest BCUT2D eigenvalue weighted by atomic mass is 9.85. The second kappa shape index (κ2) is 11.3. The van der Waals surface area contributed by atoms with Crippen LogP contribution in [0.4, 0.5) is 28.0 Å². The molecule has 1 unspecified atom stereocenters. The number of hydrogen-bond acceptors (Lipinski definition) is 6. The predicted molar refractivity (Wildman–Crippen MR) is 134 cm³/mol. The number of carbonyl (C=O) groups is 1. The number of ether oxygens (including phenoxy) is 3. The van der Waals surface area contributed by atoms with Gasteiger partial charge in [0.25, 0.3) is 0 Å². The Morgan fingerprint density at radius 1 is 1.18 bits per heavy atom. The number of anilines is 1. The van der Waals surface area contributed by atoms with Crippen LogP contribution < -0.4 is 15.4 Å². The lowest BCUT2D eigenvalue weighted by Crippen LogP contribution is -2.59. The average Bonchev–Trinajstić information content (AvgIpc) is 3.76. The number of benzene rings is 1. The zero-order chi connectivity index (χ0) is 28.3. The number of alkyl halides is 3. The maximum atomic E-state index is 15.2. The third-order valence-corrected chi connectivity index (χ3v) is 6.80. The van der Waals surface area contributed by atoms with Gasteiger partial charge in [0.05, 0.1) is 18.4 Å². The number of pyridine rings is 1. The Kier molecular flexibility index (Phi) is 7.83. The van der Waals surface area contributed by atoms with E-state index in [2.05, 4.69) is 22.1 Å². The van der Waals surface area contributed by atoms with E-state index in [1.54, 1.807) is 0 Å². The van der Waals surface area contributed by atoms with Crippen LogP contribution in [-0.2, 0) is 21.4 Å². The molecule has 1 saturated heterocycles. The molecule has 2 aromatic rings. The third kappa shape index (κ3) is 5.98. The van der Waals surface area contributed by atoms with Gasteiger partial charge < -0.3 is 24.8 Å². The van der Waals surface area contributed by atoms with Gasteiger partial charge in [-0.3, -0.25) is 4.98 Å². The standard InChI is InChI=1S/C28H26F4N4O4/c29-22-14-21-23(35-26(37)36-27(21,28(30,31)32)7-6-17-4-5-17)13-18(22)11-20-12-19(15-33)24(16-34-20)38-9-10-40-25-3-1-2-8-39-25/h12-14,16-17,25H,1-5,8-11H2,(H2,35,36,37)/t25?,27-/m0/s1. The van der Waals surface area contributed by atoms with E-state index in [-0.39, 0.29) is 60.1 Å². The summed E-state index contributed by atoms with van der Waals surface area (Å²) in [5, 5.41) is 13.8. The van der Waals surface area contributed by atoms with Crippen LogP contribution in [-0.4, -0.2) is 43.3 Å². The molecule has 0 bridgehead atoms. The quantitative estimate of drug-likeness (QED) is 0.284. The molecular formula is C28H26F4N4O4. The Morgan fingerprint density at radius 3 is 2.70 bits per heavy atom. The minimum atomic E-state index is -5.00. The van der Waals surface area contributed by atoms with Gasteiger partial charge in [-0.25, -0.2) is 9.18 Å². The van der Waals surface area contributed by atoms with Crippen LogP contribution in [0.5, 0.6) is 5.75 Å². The fourth-order valence-electron chi connectivity index (χ4n) is 4.54. The molecule has 0 radical (unpaired) electrons. The van der Waals surface area contributed by atoms with E-state index in [1.807, 2.05) is 11.4 Å². The normalized spacial score (nSPS) is 22.2. The van der Waals surface area contributed by atoms with Gasteiger partial charge in [0, 0.05) is 35.9 Å². The first-order valence-electron chi connectivity index (χ1n) is 12.9. The topological polar surface area (TPSA) is 106 Å². The van der Waals surface area contributed by atoms with Crippen molar-refractivity contribution in [3.05, 3.63) is 52.6 Å². The van der Waals surface area contributed by atoms with Gasteiger partial charge >= 0.3 is 12.2 Å². The second-order valence-corrected chi connectivity index (χ2v) is 9.84. The second-order valence-electron chi connectivity index (χ2n) is 9.84. The van der Waals surface area contributed by atoms with Crippen molar-refractivity contribution in [2.24, 2.45) is 5.92 Å². The monoisotopic (exact) mass is 558 g/mol. The molecule has 12 heteroatoms. The summed E-state index contributed by atoms with van der Waals surface area (Å²) >= 11 is 0. The lowest BCUT2D eigenvalue weighted by Gasteiger charge is -2.37. The van der Waals surface area contributed by atoms with Crippen molar-refractivity contribution >= 4 is 11.7 Å². The molecule has 0 spiro atoms. The average molecular weight is 559 g/mol. The molecule has 2 N–H and O–H groups in total. The number of fused-ring (bicyclic) bond motifs is 1. The molecule has 3 aliphatic rings. The Bertz CT molecular complexity index is 1390. The van der Waals surface area contributed by atoms with E-state index in [0.29, 0.717) is 19.4 Å². The van der Waals surface area contributed by atoms with Crippen LogP contribution >= 0.6 is 0 Å². The van der Waals surface area contributed by atoms with Crippen LogP contribution in [0, 0.1) is 34.9 Å². The Hall–Kier alpha value is -3.87. The Labute approximate surface area is 228 Å². The molecule has 3 heterocycles. The molecule has 210 valence electrons. The van der Waals surface area contributed by atoms with Gasteiger partial charge in [-0.05, 0) is 55.9 Å². The summed E-state index contributed by atoms with van der Waals surface area (Å²) in [6.45, 7) is 1.07. The number of rotatable bonds is 7. The number of carbonyl (C=O) groups excluding carboxylic acids is 1. The minimum absolute atomic E-state index is 0.0156. The number of nitriles is 1. The summed E-state index contributed by atoms with van der Waals surface area (Å²) in [5.41, 5.74) is -3.34. The Balaban J connectivity index is 1.33. The molecule has 8 nitrogen and oxygen atoms in total. The third-order valence-electron chi connectivity index (χ3n) is 6.80. The van der Waals surface area contributed by atoms with Crippen molar-refractivity contribution in [2.45, 2.75) is 56.5 Å². The molecule has 2 fully saturated rings. The molecular weight excluding hydrogens is 532 g/mol. The molecule has 5 rings (SSSR count). The van der Waals surface area contributed by atoms with Crippen LogP contribution in [0.3, 0.4) is 0 Å². The van der Waals surface area contributed by atoms with Gasteiger partial charge in [-0.1, -0.05) is 11.8 Å². The van der Waals surface area contributed by atoms with Gasteiger partial charge in [-0.2, -0.15) is 18.4 Å². The minimum Gasteiger partial charge on any atom is -0.488 e. The molecule has 2 amide bonds. The van der Waals surface area contributed by atoms with Gasteiger partial charge in [0.2, 0.25) is 5.54 Å². The molecule has 1 saturated carbocycles. The van der Waals surface area contributed by atoms with Crippen molar-refractivity contribution in [3.63, 3.8) is 0 Å². The first-order valence-corrected chi connectivity index (χ1v) is 12.9. The van der Waals surface area contributed by atoms with Crippen molar-refractivity contribution < 1.29 is 36.6 Å². The summed E-state index contributed by atoms with van der Waals surface area (Å²) in [5.74, 6) is 3.86. The highest BCUT2D eigenvalue weighted by Crippen LogP contribution is 2.45. The molecule has 1 aromatic heterocycles. The fourth-order valence-corrected chi connectivity index (χ4v) is 4.54. The van der Waals surface area contributed by atoms with Crippen LogP contribution in [0.25, 0.3) is 0 Å². The van der Waals surface area contributed by atoms with E-state index in [1.165, 1.54) is 12.3 Å². The number of urea groups is 1. The fraction of sp³-hybridized carbons (Fsp3) is 0.464. The molecule has 2 atom stereocenters. The summed E-state index contributed by atoms with van der Waals surface area (Å²) in [6.07, 6.45) is 0.114. The van der Waals surface area contributed by atoms with Crippen molar-refractivity contribution in [3.8, 4) is 23.7 Å². The SMILES string of the molecule is N#Cc1cc(Cc2cc3c(cc2F)[C@@](C#CC2CC2)(C(F)(F)F)NC(=O)N3)ncc1OCCOC1CCCCO1. The summed E-state index contributed by atoms with van der Waals surface area (Å²) in [6, 6.07) is 4.21. The first-order chi connectivity index (χ1) is 19.2. The number of hydrogen-bond donors (Lipinski definition) is 2. The number of nitrogens with one attached hydrogen (secondary N) is 2. The van der Waals surface area contributed by atoms with Crippen LogP contribution in [0.1, 0.15) is 54.5 Å². The summed E-state index contributed by atoms with van der Waals surface area (Å²) < 4.78 is 74.8. The number of halogens is 4.